The third kappa shape index (κ3) is 1.93. The number of rotatable bonds is 1. The van der Waals surface area contributed by atoms with Crippen LogP contribution in [0.4, 0.5) is 0 Å². The molecule has 2 heterocycles. The Bertz CT molecular complexity index is 1150. The van der Waals surface area contributed by atoms with Crippen LogP contribution in [-0.2, 0) is 7.05 Å². The van der Waals surface area contributed by atoms with E-state index in [1.165, 1.54) is 11.1 Å². The van der Waals surface area contributed by atoms with Crippen molar-refractivity contribution in [2.24, 2.45) is 7.05 Å². The van der Waals surface area contributed by atoms with Gasteiger partial charge < -0.3 is 4.42 Å². The van der Waals surface area contributed by atoms with Crippen molar-refractivity contribution in [3.63, 3.8) is 0 Å². The minimum absolute atomic E-state index is 0.576. The van der Waals surface area contributed by atoms with Gasteiger partial charge in [-0.25, -0.2) is 4.57 Å². The molecule has 0 N–H and O–H groups in total. The second-order valence-corrected chi connectivity index (χ2v) is 6.16. The summed E-state index contributed by atoms with van der Waals surface area (Å²) in [5.74, 6) is 0. The number of aryl methyl sites for hydroxylation is 3. The number of para-hydroxylation sites is 1. The first-order chi connectivity index (χ1) is 11.6. The average molecular weight is 313 g/mol. The van der Waals surface area contributed by atoms with Crippen molar-refractivity contribution in [3.8, 4) is 17.3 Å². The molecule has 0 spiro atoms. The molecule has 0 atom stereocenters. The number of pyridine rings is 1. The van der Waals surface area contributed by atoms with E-state index in [2.05, 4.69) is 36.6 Å². The van der Waals surface area contributed by atoms with Crippen LogP contribution in [0.1, 0.15) is 16.7 Å². The highest BCUT2D eigenvalue weighted by Gasteiger charge is 2.20. The van der Waals surface area contributed by atoms with Gasteiger partial charge in [-0.3, -0.25) is 0 Å². The van der Waals surface area contributed by atoms with Crippen LogP contribution in [0, 0.1) is 25.2 Å². The van der Waals surface area contributed by atoms with Crippen molar-refractivity contribution in [1.29, 1.82) is 5.26 Å². The van der Waals surface area contributed by atoms with Gasteiger partial charge in [-0.05, 0) is 37.6 Å². The zero-order valence-corrected chi connectivity index (χ0v) is 13.9. The molecule has 2 aromatic carbocycles. The summed E-state index contributed by atoms with van der Waals surface area (Å²) >= 11 is 0. The van der Waals surface area contributed by atoms with Gasteiger partial charge in [0.05, 0.1) is 11.1 Å². The van der Waals surface area contributed by atoms with Gasteiger partial charge in [-0.2, -0.15) is 5.26 Å². The van der Waals surface area contributed by atoms with E-state index in [1.54, 1.807) is 6.07 Å². The van der Waals surface area contributed by atoms with Crippen molar-refractivity contribution >= 4 is 21.9 Å². The van der Waals surface area contributed by atoms with Crippen LogP contribution >= 0.6 is 0 Å². The second-order valence-electron chi connectivity index (χ2n) is 6.16. The quantitative estimate of drug-likeness (QED) is 0.483. The molecule has 0 aliphatic rings. The molecule has 116 valence electrons. The maximum Gasteiger partial charge on any atom is 0.212 e. The number of fused-ring (bicyclic) bond motifs is 3. The Kier molecular flexibility index (Phi) is 3.14. The van der Waals surface area contributed by atoms with Crippen LogP contribution in [0.3, 0.4) is 0 Å². The first-order valence-corrected chi connectivity index (χ1v) is 7.92. The highest BCUT2D eigenvalue weighted by Crippen LogP contribution is 2.38. The lowest BCUT2D eigenvalue weighted by Crippen LogP contribution is -2.30. The molecule has 0 fully saturated rings. The van der Waals surface area contributed by atoms with Crippen molar-refractivity contribution in [3.05, 3.63) is 65.4 Å². The van der Waals surface area contributed by atoms with Gasteiger partial charge in [0.25, 0.3) is 0 Å². The lowest BCUT2D eigenvalue weighted by Gasteiger charge is -2.08. The minimum Gasteiger partial charge on any atom is -0.454 e. The Morgan fingerprint density at radius 1 is 1.00 bits per heavy atom. The van der Waals surface area contributed by atoms with E-state index in [-0.39, 0.29) is 0 Å². The molecule has 0 aliphatic heterocycles. The third-order valence-electron chi connectivity index (χ3n) is 4.66. The molecule has 3 heteroatoms. The molecular weight excluding hydrogens is 296 g/mol. The summed E-state index contributed by atoms with van der Waals surface area (Å²) in [7, 11) is 2.05. The fraction of sp³-hybridized carbons (Fsp3) is 0.143. The number of benzene rings is 2. The van der Waals surface area contributed by atoms with E-state index >= 15 is 0 Å². The summed E-state index contributed by atoms with van der Waals surface area (Å²) in [5, 5.41) is 11.4. The highest BCUT2D eigenvalue weighted by atomic mass is 16.3. The van der Waals surface area contributed by atoms with E-state index in [9.17, 15) is 5.26 Å². The Morgan fingerprint density at radius 3 is 2.58 bits per heavy atom. The zero-order chi connectivity index (χ0) is 16.8. The summed E-state index contributed by atoms with van der Waals surface area (Å²) in [5.41, 5.74) is 6.74. The molecule has 0 radical (unpaired) electrons. The molecule has 4 aromatic rings. The van der Waals surface area contributed by atoms with Gasteiger partial charge in [0.1, 0.15) is 18.7 Å². The van der Waals surface area contributed by atoms with Gasteiger partial charge in [0.2, 0.25) is 5.69 Å². The van der Waals surface area contributed by atoms with Gasteiger partial charge in [0, 0.05) is 28.5 Å². The number of aromatic nitrogens is 1. The van der Waals surface area contributed by atoms with Gasteiger partial charge >= 0.3 is 0 Å². The zero-order valence-electron chi connectivity index (χ0n) is 13.9. The smallest absolute Gasteiger partial charge is 0.212 e. The molecule has 0 aliphatic carbocycles. The monoisotopic (exact) mass is 313 g/mol. The summed E-state index contributed by atoms with van der Waals surface area (Å²) in [6, 6.07) is 16.3. The van der Waals surface area contributed by atoms with Crippen LogP contribution in [0.5, 0.6) is 0 Å². The largest absolute Gasteiger partial charge is 0.454 e. The predicted molar refractivity (Wildman–Crippen MR) is 94.5 cm³/mol. The standard InChI is InChI=1S/C21H17N2O/c1-13-11-17-16-8-6-7-15(12-22)21(16)24-20(17)14(2)19(13)18-9-4-5-10-23(18)3/h4-11H,1-3H3/q+1. The molecule has 4 rings (SSSR count). The molecule has 2 aromatic heterocycles. The summed E-state index contributed by atoms with van der Waals surface area (Å²) in [4.78, 5) is 0. The molecule has 24 heavy (non-hydrogen) atoms. The fourth-order valence-corrected chi connectivity index (χ4v) is 3.52. The molecule has 0 saturated carbocycles. The second kappa shape index (κ2) is 5.21. The first kappa shape index (κ1) is 14.5. The maximum absolute atomic E-state index is 9.34. The molecule has 0 saturated heterocycles. The fourth-order valence-electron chi connectivity index (χ4n) is 3.52. The van der Waals surface area contributed by atoms with Crippen LogP contribution in [0.25, 0.3) is 33.2 Å². The predicted octanol–water partition coefficient (Wildman–Crippen LogP) is 4.57. The molecule has 3 nitrogen and oxygen atoms in total. The number of nitrogens with zero attached hydrogens (tertiary/aromatic N) is 2. The Hall–Kier alpha value is -3.12. The highest BCUT2D eigenvalue weighted by molar-refractivity contribution is 6.09. The lowest BCUT2D eigenvalue weighted by atomic mass is 9.96. The van der Waals surface area contributed by atoms with Gasteiger partial charge in [-0.15, -0.1) is 0 Å². The van der Waals surface area contributed by atoms with Crippen LogP contribution in [0.15, 0.2) is 53.1 Å². The van der Waals surface area contributed by atoms with Crippen molar-refractivity contribution < 1.29 is 8.98 Å². The molecule has 0 amide bonds. The summed E-state index contributed by atoms with van der Waals surface area (Å²) in [6.45, 7) is 4.22. The van der Waals surface area contributed by atoms with Crippen LogP contribution < -0.4 is 4.57 Å². The molecule has 0 bridgehead atoms. The Balaban J connectivity index is 2.15. The Morgan fingerprint density at radius 2 is 1.83 bits per heavy atom. The van der Waals surface area contributed by atoms with E-state index in [0.29, 0.717) is 11.1 Å². The maximum atomic E-state index is 9.34. The van der Waals surface area contributed by atoms with E-state index in [1.807, 2.05) is 37.5 Å². The van der Waals surface area contributed by atoms with Crippen LogP contribution in [-0.4, -0.2) is 0 Å². The lowest BCUT2D eigenvalue weighted by molar-refractivity contribution is -0.660. The van der Waals surface area contributed by atoms with Crippen molar-refractivity contribution in [2.45, 2.75) is 13.8 Å². The topological polar surface area (TPSA) is 40.8 Å². The summed E-state index contributed by atoms with van der Waals surface area (Å²) in [6.07, 6.45) is 2.05. The van der Waals surface area contributed by atoms with Gasteiger partial charge in [-0.1, -0.05) is 12.1 Å². The first-order valence-electron chi connectivity index (χ1n) is 7.92. The molecule has 0 unspecified atom stereocenters. The third-order valence-corrected chi connectivity index (χ3v) is 4.66. The Labute approximate surface area is 140 Å². The van der Waals surface area contributed by atoms with E-state index in [0.717, 1.165) is 27.6 Å². The van der Waals surface area contributed by atoms with Crippen LogP contribution in [0.2, 0.25) is 0 Å². The average Bonchev–Trinajstić information content (AvgIpc) is 2.95. The van der Waals surface area contributed by atoms with E-state index in [4.69, 9.17) is 4.42 Å². The number of hydrogen-bond donors (Lipinski definition) is 0. The van der Waals surface area contributed by atoms with E-state index < -0.39 is 0 Å². The van der Waals surface area contributed by atoms with Gasteiger partial charge in [0.15, 0.2) is 11.8 Å². The van der Waals surface area contributed by atoms with Crippen molar-refractivity contribution in [1.82, 2.24) is 0 Å². The number of hydrogen-bond acceptors (Lipinski definition) is 2. The number of furan rings is 1. The minimum atomic E-state index is 0.576. The summed E-state index contributed by atoms with van der Waals surface area (Å²) < 4.78 is 8.25. The number of nitriles is 1. The molecular formula is C21H17N2O+. The normalized spacial score (nSPS) is 11.1. The van der Waals surface area contributed by atoms with Crippen molar-refractivity contribution in [2.75, 3.05) is 0 Å². The SMILES string of the molecule is Cc1cc2c(oc3c(C#N)cccc32)c(C)c1-c1cccc[n+]1C.